The minimum absolute atomic E-state index is 0.335. The molecule has 4 aromatic carbocycles. The molecular weight excluding hydrogens is 420 g/mol. The Kier molecular flexibility index (Phi) is 5.64. The predicted octanol–water partition coefficient (Wildman–Crippen LogP) is 6.22. The summed E-state index contributed by atoms with van der Waals surface area (Å²) in [5.74, 6) is 1.72. The maximum absolute atomic E-state index is 5.88. The Hall–Kier alpha value is -3.08. The van der Waals surface area contributed by atoms with Gasteiger partial charge in [0.05, 0.1) is 14.2 Å². The number of hydrogen-bond acceptors (Lipinski definition) is 4. The van der Waals surface area contributed by atoms with Crippen LogP contribution in [0.4, 0.5) is 0 Å². The summed E-state index contributed by atoms with van der Waals surface area (Å²) in [6, 6.07) is 25.3. The van der Waals surface area contributed by atoms with Crippen LogP contribution in [0.5, 0.6) is 11.5 Å². The number of benzene rings is 4. The first-order valence-corrected chi connectivity index (χ1v) is 12.4. The summed E-state index contributed by atoms with van der Waals surface area (Å²) < 4.78 is 11.7. The topological polar surface area (TPSA) is 42.5 Å². The van der Waals surface area contributed by atoms with Crippen molar-refractivity contribution < 1.29 is 9.47 Å². The van der Waals surface area contributed by atoms with Crippen molar-refractivity contribution in [1.82, 2.24) is 10.6 Å². The van der Waals surface area contributed by atoms with Crippen LogP contribution < -0.4 is 20.1 Å². The molecule has 1 aliphatic carbocycles. The van der Waals surface area contributed by atoms with Crippen molar-refractivity contribution in [2.75, 3.05) is 20.8 Å². The van der Waals surface area contributed by atoms with Crippen molar-refractivity contribution in [2.45, 2.75) is 43.8 Å². The van der Waals surface area contributed by atoms with Crippen LogP contribution in [0.2, 0.25) is 0 Å². The van der Waals surface area contributed by atoms with Crippen LogP contribution in [0, 0.1) is 0 Å². The maximum Gasteiger partial charge on any atom is 0.127 e. The van der Waals surface area contributed by atoms with E-state index in [0.717, 1.165) is 29.2 Å². The van der Waals surface area contributed by atoms with E-state index < -0.39 is 0 Å². The van der Waals surface area contributed by atoms with Gasteiger partial charge < -0.3 is 20.1 Å². The molecular formula is C30H32N2O2. The van der Waals surface area contributed by atoms with Gasteiger partial charge in [0, 0.05) is 35.8 Å². The number of piperazine rings is 1. The predicted molar refractivity (Wildman–Crippen MR) is 140 cm³/mol. The van der Waals surface area contributed by atoms with Gasteiger partial charge in [-0.05, 0) is 58.1 Å². The standard InChI is InChI=1S/C30H32N2O2/c1-33-27-15-12-19-7-3-4-8-22(19)29(27)30-23-14-11-21(17-20(23)13-16-28(30)34-2)26-18-31-24-9-5-6-10-25(24)32-26/h3-4,7-8,11-17,24-26,31-32H,5-6,9-10,18H2,1-2H3/t24-,25-,26?/m1/s1. The molecule has 1 aliphatic heterocycles. The number of fused-ring (bicyclic) bond motifs is 3. The van der Waals surface area contributed by atoms with Crippen LogP contribution in [0.25, 0.3) is 32.7 Å². The summed E-state index contributed by atoms with van der Waals surface area (Å²) in [4.78, 5) is 0. The van der Waals surface area contributed by atoms with Crippen LogP contribution in [0.15, 0.2) is 66.7 Å². The number of nitrogens with one attached hydrogen (secondary N) is 2. The van der Waals surface area contributed by atoms with E-state index in [1.807, 2.05) is 0 Å². The van der Waals surface area contributed by atoms with E-state index in [1.165, 1.54) is 52.8 Å². The van der Waals surface area contributed by atoms with Gasteiger partial charge in [0.1, 0.15) is 11.5 Å². The van der Waals surface area contributed by atoms with Gasteiger partial charge >= 0.3 is 0 Å². The normalized spacial score (nSPS) is 22.5. The van der Waals surface area contributed by atoms with E-state index in [2.05, 4.69) is 77.4 Å². The lowest BCUT2D eigenvalue weighted by Crippen LogP contribution is -2.58. The highest BCUT2D eigenvalue weighted by Crippen LogP contribution is 2.45. The number of rotatable bonds is 4. The molecule has 2 aliphatic rings. The molecule has 3 atom stereocenters. The molecule has 1 unspecified atom stereocenters. The molecule has 0 amide bonds. The average molecular weight is 453 g/mol. The highest BCUT2D eigenvalue weighted by Gasteiger charge is 2.32. The van der Waals surface area contributed by atoms with E-state index in [9.17, 15) is 0 Å². The summed E-state index contributed by atoms with van der Waals surface area (Å²) in [6.45, 7) is 0.979. The Bertz CT molecular complexity index is 1350. The van der Waals surface area contributed by atoms with Gasteiger partial charge in [0.2, 0.25) is 0 Å². The molecule has 4 nitrogen and oxygen atoms in total. The Balaban J connectivity index is 1.48. The first-order chi connectivity index (χ1) is 16.8. The van der Waals surface area contributed by atoms with Gasteiger partial charge in [-0.15, -0.1) is 0 Å². The van der Waals surface area contributed by atoms with E-state index in [-0.39, 0.29) is 0 Å². The second-order valence-corrected chi connectivity index (χ2v) is 9.61. The van der Waals surface area contributed by atoms with Gasteiger partial charge in [-0.2, -0.15) is 0 Å². The van der Waals surface area contributed by atoms with E-state index in [1.54, 1.807) is 14.2 Å². The molecule has 6 rings (SSSR count). The van der Waals surface area contributed by atoms with E-state index in [0.29, 0.717) is 18.1 Å². The molecule has 0 radical (unpaired) electrons. The fourth-order valence-electron chi connectivity index (χ4n) is 6.03. The molecule has 4 aromatic rings. The van der Waals surface area contributed by atoms with Crippen molar-refractivity contribution in [3.8, 4) is 22.6 Å². The van der Waals surface area contributed by atoms with Gasteiger partial charge in [-0.3, -0.25) is 0 Å². The second-order valence-electron chi connectivity index (χ2n) is 9.61. The van der Waals surface area contributed by atoms with Crippen molar-refractivity contribution in [3.63, 3.8) is 0 Å². The molecule has 34 heavy (non-hydrogen) atoms. The summed E-state index contributed by atoms with van der Waals surface area (Å²) in [5, 5.41) is 12.5. The van der Waals surface area contributed by atoms with Crippen LogP contribution in [-0.4, -0.2) is 32.8 Å². The summed E-state index contributed by atoms with van der Waals surface area (Å²) in [6.07, 6.45) is 5.23. The summed E-state index contributed by atoms with van der Waals surface area (Å²) in [7, 11) is 3.48. The Morgan fingerprint density at radius 2 is 1.38 bits per heavy atom. The van der Waals surface area contributed by atoms with Crippen LogP contribution in [0.3, 0.4) is 0 Å². The fourth-order valence-corrected chi connectivity index (χ4v) is 6.03. The molecule has 1 saturated heterocycles. The Morgan fingerprint density at radius 1 is 0.706 bits per heavy atom. The van der Waals surface area contributed by atoms with E-state index >= 15 is 0 Å². The summed E-state index contributed by atoms with van der Waals surface area (Å²) >= 11 is 0. The summed E-state index contributed by atoms with van der Waals surface area (Å²) in [5.41, 5.74) is 3.51. The zero-order valence-corrected chi connectivity index (χ0v) is 19.9. The molecule has 4 heteroatoms. The second kappa shape index (κ2) is 8.94. The zero-order valence-electron chi connectivity index (χ0n) is 19.9. The molecule has 0 aromatic heterocycles. The lowest BCUT2D eigenvalue weighted by Gasteiger charge is -2.41. The van der Waals surface area contributed by atoms with Crippen molar-refractivity contribution >= 4 is 21.5 Å². The molecule has 0 spiro atoms. The van der Waals surface area contributed by atoms with E-state index in [4.69, 9.17) is 9.47 Å². The SMILES string of the molecule is COc1ccc2ccccc2c1-c1c(OC)ccc2cc(C3CN[C@@H]4CCCC[C@H]4N3)ccc12. The molecule has 2 fully saturated rings. The third-order valence-electron chi connectivity index (χ3n) is 7.75. The quantitative estimate of drug-likeness (QED) is 0.386. The maximum atomic E-state index is 5.88. The van der Waals surface area contributed by atoms with Crippen LogP contribution in [0.1, 0.15) is 37.3 Å². The lowest BCUT2D eigenvalue weighted by molar-refractivity contribution is 0.213. The van der Waals surface area contributed by atoms with Crippen LogP contribution in [-0.2, 0) is 0 Å². The fraction of sp³-hybridized carbons (Fsp3) is 0.333. The third kappa shape index (κ3) is 3.62. The van der Waals surface area contributed by atoms with Crippen molar-refractivity contribution in [3.05, 3.63) is 72.3 Å². The monoisotopic (exact) mass is 452 g/mol. The highest BCUT2D eigenvalue weighted by atomic mass is 16.5. The molecule has 1 saturated carbocycles. The number of hydrogen-bond donors (Lipinski definition) is 2. The first kappa shape index (κ1) is 21.5. The smallest absolute Gasteiger partial charge is 0.127 e. The zero-order chi connectivity index (χ0) is 23.1. The largest absolute Gasteiger partial charge is 0.496 e. The molecule has 0 bridgehead atoms. The van der Waals surface area contributed by atoms with Crippen molar-refractivity contribution in [1.29, 1.82) is 0 Å². The lowest BCUT2D eigenvalue weighted by atomic mass is 9.86. The highest BCUT2D eigenvalue weighted by molar-refractivity contribution is 6.09. The molecule has 174 valence electrons. The average Bonchev–Trinajstić information content (AvgIpc) is 2.91. The van der Waals surface area contributed by atoms with Crippen LogP contribution >= 0.6 is 0 Å². The third-order valence-corrected chi connectivity index (χ3v) is 7.75. The van der Waals surface area contributed by atoms with Gasteiger partial charge in [0.25, 0.3) is 0 Å². The minimum Gasteiger partial charge on any atom is -0.496 e. The number of methoxy groups -OCH3 is 2. The van der Waals surface area contributed by atoms with Crippen molar-refractivity contribution in [2.24, 2.45) is 0 Å². The molecule has 1 heterocycles. The number of ether oxygens (including phenoxy) is 2. The van der Waals surface area contributed by atoms with Gasteiger partial charge in [-0.1, -0.05) is 61.4 Å². The van der Waals surface area contributed by atoms with Gasteiger partial charge in [0.15, 0.2) is 0 Å². The Morgan fingerprint density at radius 3 is 2.15 bits per heavy atom. The van der Waals surface area contributed by atoms with Gasteiger partial charge in [-0.25, -0.2) is 0 Å². The minimum atomic E-state index is 0.335. The molecule has 2 N–H and O–H groups in total. The Labute approximate surface area is 201 Å². The first-order valence-electron chi connectivity index (χ1n) is 12.4.